The van der Waals surface area contributed by atoms with E-state index in [2.05, 4.69) is 62.7 Å². The lowest BCUT2D eigenvalue weighted by atomic mass is 9.76. The zero-order valence-electron chi connectivity index (χ0n) is 29.1. The second kappa shape index (κ2) is 14.8. The molecule has 2 aliphatic heterocycles. The molecule has 2 aromatic heterocycles. The molecule has 0 radical (unpaired) electrons. The average Bonchev–Trinajstić information content (AvgIpc) is 3.97. The van der Waals surface area contributed by atoms with Crippen molar-refractivity contribution in [2.75, 3.05) is 42.9 Å². The molecular weight excluding hydrogens is 648 g/mol. The molecule has 7 N–H and O–H groups in total. The normalized spacial score (nSPS) is 24.9. The van der Waals surface area contributed by atoms with E-state index in [4.69, 9.17) is 15.0 Å². The molecule has 3 amide bonds. The zero-order chi connectivity index (χ0) is 35.5. The molecule has 0 bridgehead atoms. The van der Waals surface area contributed by atoms with Gasteiger partial charge in [-0.3, -0.25) is 4.79 Å². The molecule has 3 aliphatic rings. The number of amides is 3. The van der Waals surface area contributed by atoms with Gasteiger partial charge in [0.25, 0.3) is 0 Å². The molecule has 4 heterocycles. The van der Waals surface area contributed by atoms with Crippen LogP contribution in [0.2, 0.25) is 0 Å². The largest absolute Gasteiger partial charge is 0.388 e. The molecule has 0 spiro atoms. The van der Waals surface area contributed by atoms with Crippen LogP contribution >= 0.6 is 0 Å². The van der Waals surface area contributed by atoms with Gasteiger partial charge in [0, 0.05) is 50.1 Å². The van der Waals surface area contributed by atoms with Gasteiger partial charge in [-0.25, -0.2) is 9.78 Å². The van der Waals surface area contributed by atoms with E-state index < -0.39 is 29.7 Å². The van der Waals surface area contributed by atoms with Gasteiger partial charge in [-0.15, -0.1) is 0 Å². The second-order valence-corrected chi connectivity index (χ2v) is 14.2. The summed E-state index contributed by atoms with van der Waals surface area (Å²) >= 11 is 0. The Kier molecular flexibility index (Phi) is 10.1. The van der Waals surface area contributed by atoms with E-state index in [1.54, 1.807) is 17.8 Å². The van der Waals surface area contributed by atoms with Gasteiger partial charge < -0.3 is 46.3 Å². The Labute approximate surface area is 297 Å². The highest BCUT2D eigenvalue weighted by atomic mass is 16.3. The second-order valence-electron chi connectivity index (χ2n) is 14.2. The fourth-order valence-electron chi connectivity index (χ4n) is 7.64. The number of carbonyl (C=O) groups excluding carboxylic acids is 2. The third-order valence-electron chi connectivity index (χ3n) is 10.7. The van der Waals surface area contributed by atoms with E-state index in [9.17, 15) is 19.8 Å². The first-order valence-corrected chi connectivity index (χ1v) is 18.0. The Morgan fingerprint density at radius 3 is 2.31 bits per heavy atom. The van der Waals surface area contributed by atoms with Crippen LogP contribution in [0.3, 0.4) is 0 Å². The Hall–Kier alpha value is -4.79. The Bertz CT molecular complexity index is 1780. The van der Waals surface area contributed by atoms with Crippen molar-refractivity contribution in [2.24, 2.45) is 0 Å². The summed E-state index contributed by atoms with van der Waals surface area (Å²) in [5, 5.41) is 38.0. The molecule has 14 heteroatoms. The topological polar surface area (TPSA) is 182 Å². The third kappa shape index (κ3) is 7.21. The van der Waals surface area contributed by atoms with Gasteiger partial charge >= 0.3 is 6.03 Å². The van der Waals surface area contributed by atoms with E-state index in [0.29, 0.717) is 49.0 Å². The van der Waals surface area contributed by atoms with Gasteiger partial charge in [0.15, 0.2) is 17.0 Å². The molecule has 270 valence electrons. The number of nitrogens with zero attached hydrogens (tertiary/aromatic N) is 5. The highest BCUT2D eigenvalue weighted by Gasteiger charge is 2.44. The summed E-state index contributed by atoms with van der Waals surface area (Å²) in [4.78, 5) is 41.8. The molecule has 4 aromatic rings. The number of hydrogen-bond acceptors (Lipinski definition) is 10. The van der Waals surface area contributed by atoms with Crippen LogP contribution in [0.25, 0.3) is 11.2 Å². The molecule has 3 fully saturated rings. The first-order valence-electron chi connectivity index (χ1n) is 18.0. The van der Waals surface area contributed by atoms with Crippen LogP contribution < -0.4 is 31.5 Å². The van der Waals surface area contributed by atoms with Gasteiger partial charge in [-0.2, -0.15) is 9.97 Å². The Balaban J connectivity index is 1.20. The van der Waals surface area contributed by atoms with Gasteiger partial charge in [0.1, 0.15) is 12.2 Å². The molecule has 1 saturated carbocycles. The number of aromatic nitrogens is 4. The van der Waals surface area contributed by atoms with Crippen LogP contribution in [0.1, 0.15) is 56.7 Å². The molecule has 2 saturated heterocycles. The first-order chi connectivity index (χ1) is 24.7. The van der Waals surface area contributed by atoms with E-state index in [1.807, 2.05) is 36.4 Å². The first kappa shape index (κ1) is 34.6. The number of fused-ring (bicyclic) bond motifs is 1. The number of imidazole rings is 1. The van der Waals surface area contributed by atoms with Crippen molar-refractivity contribution in [1.82, 2.24) is 40.8 Å². The van der Waals surface area contributed by atoms with Crippen molar-refractivity contribution in [3.63, 3.8) is 0 Å². The monoisotopic (exact) mass is 696 g/mol. The lowest BCUT2D eigenvalue weighted by Crippen LogP contribution is -2.47. The van der Waals surface area contributed by atoms with Gasteiger partial charge in [-0.05, 0) is 43.9 Å². The smallest absolute Gasteiger partial charge is 0.315 e. The third-order valence-corrected chi connectivity index (χ3v) is 10.7. The van der Waals surface area contributed by atoms with Crippen molar-refractivity contribution in [3.05, 3.63) is 78.1 Å². The van der Waals surface area contributed by atoms with Crippen LogP contribution in [0.15, 0.2) is 67.0 Å². The molecule has 0 unspecified atom stereocenters. The zero-order valence-corrected chi connectivity index (χ0v) is 29.1. The number of rotatable bonds is 11. The Morgan fingerprint density at radius 1 is 0.941 bits per heavy atom. The van der Waals surface area contributed by atoms with E-state index in [1.165, 1.54) is 0 Å². The Morgan fingerprint density at radius 2 is 1.65 bits per heavy atom. The summed E-state index contributed by atoms with van der Waals surface area (Å²) in [6.45, 7) is 7.28. The quantitative estimate of drug-likeness (QED) is 0.123. The lowest BCUT2D eigenvalue weighted by molar-refractivity contribution is -0.122. The molecule has 2 aromatic carbocycles. The summed E-state index contributed by atoms with van der Waals surface area (Å²) in [5.41, 5.74) is 2.89. The minimum Gasteiger partial charge on any atom is -0.388 e. The number of carbonyl (C=O) groups is 2. The maximum atomic E-state index is 12.8. The fraction of sp³-hybridized carbons (Fsp3) is 0.486. The van der Waals surface area contributed by atoms with Crippen molar-refractivity contribution in [3.8, 4) is 0 Å². The predicted molar refractivity (Wildman–Crippen MR) is 195 cm³/mol. The van der Waals surface area contributed by atoms with E-state index >= 15 is 0 Å². The molecule has 1 aliphatic carbocycles. The summed E-state index contributed by atoms with van der Waals surface area (Å²) in [7, 11) is 0. The average molecular weight is 697 g/mol. The lowest BCUT2D eigenvalue weighted by Gasteiger charge is -2.31. The maximum absolute atomic E-state index is 12.8. The van der Waals surface area contributed by atoms with Gasteiger partial charge in [0.2, 0.25) is 11.9 Å². The highest BCUT2D eigenvalue weighted by Crippen LogP contribution is 2.36. The molecule has 14 nitrogen and oxygen atoms in total. The van der Waals surface area contributed by atoms with Crippen LogP contribution in [0, 0.1) is 0 Å². The number of benzene rings is 2. The summed E-state index contributed by atoms with van der Waals surface area (Å²) in [5.74, 6) is 0.823. The number of nitrogens with one attached hydrogen (secondary N) is 5. The SMILES string of the molecule is CCC(=O)N[C@H]1C[C@@H](n2cnc3c(NCC(C)(c4ccccc4)c4ccccc4)nc(N4CC[C@@H](NC(=O)N[C@@H]5CCNC5)C4)nc32)[C@H](O)[C@@H]1O. The van der Waals surface area contributed by atoms with Gasteiger partial charge in [-0.1, -0.05) is 67.6 Å². The van der Waals surface area contributed by atoms with Crippen molar-refractivity contribution in [1.29, 1.82) is 0 Å². The number of aliphatic hydroxyl groups is 2. The van der Waals surface area contributed by atoms with Crippen molar-refractivity contribution >= 4 is 34.9 Å². The summed E-state index contributed by atoms with van der Waals surface area (Å²) < 4.78 is 1.79. The fourth-order valence-corrected chi connectivity index (χ4v) is 7.64. The number of anilines is 2. The van der Waals surface area contributed by atoms with Crippen LogP contribution in [0.4, 0.5) is 16.6 Å². The number of hydrogen-bond donors (Lipinski definition) is 7. The molecule has 7 rings (SSSR count). The van der Waals surface area contributed by atoms with E-state index in [0.717, 1.165) is 37.1 Å². The minimum absolute atomic E-state index is 0.0887. The summed E-state index contributed by atoms with van der Waals surface area (Å²) in [6.07, 6.45) is 1.56. The maximum Gasteiger partial charge on any atom is 0.315 e. The van der Waals surface area contributed by atoms with Crippen molar-refractivity contribution < 1.29 is 19.8 Å². The molecular formula is C37H48N10O4. The van der Waals surface area contributed by atoms with Crippen LogP contribution in [-0.2, 0) is 10.2 Å². The molecule has 6 atom stereocenters. The molecule has 51 heavy (non-hydrogen) atoms. The number of urea groups is 1. The number of aliphatic hydroxyl groups excluding tert-OH is 2. The van der Waals surface area contributed by atoms with Crippen LogP contribution in [0.5, 0.6) is 0 Å². The standard InChI is InChI=1S/C37H48N10O4/c1-3-29(48)43-27-18-28(32(50)31(27)49)47-22-40-30-33(39-21-37(2,23-10-6-4-7-11-23)24-12-8-5-9-13-24)44-35(45-34(30)47)46-17-15-26(20-46)42-36(51)41-25-14-16-38-19-25/h4-13,22,25-28,31-32,38,49-50H,3,14-21H2,1-2H3,(H,43,48)(H,39,44,45)(H2,41,42,51)/t25-,26-,27+,28-,31-,32+/m1/s1. The minimum atomic E-state index is -1.15. The highest BCUT2D eigenvalue weighted by molar-refractivity contribution is 5.85. The van der Waals surface area contributed by atoms with Gasteiger partial charge in [0.05, 0.1) is 18.4 Å². The van der Waals surface area contributed by atoms with Crippen LogP contribution in [-0.4, -0.2) is 105 Å². The van der Waals surface area contributed by atoms with E-state index in [-0.39, 0.29) is 30.4 Å². The predicted octanol–water partition coefficient (Wildman–Crippen LogP) is 2.05. The van der Waals surface area contributed by atoms with Crippen molar-refractivity contribution in [2.45, 2.75) is 81.3 Å². The summed E-state index contributed by atoms with van der Waals surface area (Å²) in [6, 6.07) is 19.4.